The molecule has 0 rings (SSSR count). The number of hydrogen-bond acceptors (Lipinski definition) is 3. The maximum atomic E-state index is 14.7. The van der Waals surface area contributed by atoms with Crippen LogP contribution in [0.4, 0.5) is 48.3 Å². The molecule has 0 bridgehead atoms. The zero-order chi connectivity index (χ0) is 23.4. The van der Waals surface area contributed by atoms with Crippen LogP contribution in [0, 0.1) is 0 Å². The van der Waals surface area contributed by atoms with Gasteiger partial charge in [0.05, 0.1) is 0 Å². The van der Waals surface area contributed by atoms with Crippen LogP contribution in [0.3, 0.4) is 0 Å². The molecular formula is C14H21F11O3Si. The van der Waals surface area contributed by atoms with E-state index in [4.69, 9.17) is 0 Å². The quantitative estimate of drug-likeness (QED) is 0.248. The summed E-state index contributed by atoms with van der Waals surface area (Å²) < 4.78 is 161. The first-order valence-electron chi connectivity index (χ1n) is 8.43. The van der Waals surface area contributed by atoms with Crippen molar-refractivity contribution in [3.8, 4) is 0 Å². The van der Waals surface area contributed by atoms with Crippen molar-refractivity contribution in [3.63, 3.8) is 0 Å². The van der Waals surface area contributed by atoms with E-state index >= 15 is 0 Å². The Bertz CT molecular complexity index is 486. The Kier molecular flexibility index (Phi) is 9.42. The molecule has 0 unspecified atom stereocenters. The number of halogens is 11. The van der Waals surface area contributed by atoms with Gasteiger partial charge in [-0.15, -0.1) is 0 Å². The van der Waals surface area contributed by atoms with Gasteiger partial charge in [0.25, 0.3) is 0 Å². The predicted molar refractivity (Wildman–Crippen MR) is 80.3 cm³/mol. The van der Waals surface area contributed by atoms with Crippen LogP contribution in [0.25, 0.3) is 0 Å². The van der Waals surface area contributed by atoms with Gasteiger partial charge in [-0.25, -0.2) is 0 Å². The minimum Gasteiger partial charge on any atom is -0.370 e. The topological polar surface area (TPSA) is 27.7 Å². The van der Waals surface area contributed by atoms with E-state index in [-0.39, 0.29) is 19.3 Å². The normalized spacial score (nSPS) is 15.1. The first kappa shape index (κ1) is 28.3. The third kappa shape index (κ3) is 4.98. The molecule has 0 amide bonds. The highest BCUT2D eigenvalue weighted by atomic mass is 28.4. The summed E-state index contributed by atoms with van der Waals surface area (Å²) in [6.07, 6.45) is -7.62. The highest BCUT2D eigenvalue weighted by Gasteiger charge is 2.92. The van der Waals surface area contributed by atoms with Gasteiger partial charge in [0.1, 0.15) is 0 Å². The second-order valence-electron chi connectivity index (χ2n) is 5.90. The Labute approximate surface area is 160 Å². The molecule has 0 heterocycles. The monoisotopic (exact) mass is 474 g/mol. The standard InChI is InChI=1S/C14H21F11O3Si/c1-4-7-26-29(27-8-5-2,28-9-6-3)14(24,25)12(19,20)10(15,16)11(17,18)13(21,22)23/h4-9H2,1-3H3. The zero-order valence-corrected chi connectivity index (χ0v) is 16.6. The molecule has 0 aromatic heterocycles. The van der Waals surface area contributed by atoms with Crippen LogP contribution < -0.4 is 0 Å². The fraction of sp³-hybridized carbons (Fsp3) is 1.00. The summed E-state index contributed by atoms with van der Waals surface area (Å²) >= 11 is 0. The molecular weight excluding hydrogens is 453 g/mol. The van der Waals surface area contributed by atoms with Crippen LogP contribution in [0.1, 0.15) is 40.0 Å². The summed E-state index contributed by atoms with van der Waals surface area (Å²) in [6, 6.07) is 0. The highest BCUT2D eigenvalue weighted by Crippen LogP contribution is 2.59. The number of rotatable bonds is 13. The van der Waals surface area contributed by atoms with Gasteiger partial charge in [-0.2, -0.15) is 48.3 Å². The summed E-state index contributed by atoms with van der Waals surface area (Å²) in [5.74, 6) is -22.3. The molecule has 0 saturated carbocycles. The molecule has 0 N–H and O–H groups in total. The second kappa shape index (κ2) is 9.64. The Balaban J connectivity index is 6.57. The van der Waals surface area contributed by atoms with E-state index in [9.17, 15) is 48.3 Å². The van der Waals surface area contributed by atoms with Gasteiger partial charge in [0.2, 0.25) is 0 Å². The van der Waals surface area contributed by atoms with Crippen molar-refractivity contribution in [2.45, 2.75) is 69.5 Å². The van der Waals surface area contributed by atoms with Crippen LogP contribution in [-0.4, -0.2) is 58.1 Å². The molecule has 0 saturated heterocycles. The lowest BCUT2D eigenvalue weighted by Gasteiger charge is -2.42. The first-order valence-corrected chi connectivity index (χ1v) is 10.2. The van der Waals surface area contributed by atoms with Crippen LogP contribution >= 0.6 is 0 Å². The molecule has 29 heavy (non-hydrogen) atoms. The minimum absolute atomic E-state index is 0.128. The van der Waals surface area contributed by atoms with E-state index in [1.54, 1.807) is 0 Å². The molecule has 0 aromatic rings. The summed E-state index contributed by atoms with van der Waals surface area (Å²) in [7, 11) is -6.23. The van der Waals surface area contributed by atoms with E-state index in [0.29, 0.717) is 0 Å². The van der Waals surface area contributed by atoms with Crippen molar-refractivity contribution in [2.75, 3.05) is 19.8 Å². The third-order valence-corrected chi connectivity index (χ3v) is 6.25. The van der Waals surface area contributed by atoms with Crippen LogP contribution in [-0.2, 0) is 13.3 Å². The van der Waals surface area contributed by atoms with E-state index < -0.39 is 58.1 Å². The molecule has 0 aromatic carbocycles. The lowest BCUT2D eigenvalue weighted by molar-refractivity contribution is -0.417. The summed E-state index contributed by atoms with van der Waals surface area (Å²) in [5.41, 5.74) is -6.32. The molecule has 15 heteroatoms. The highest BCUT2D eigenvalue weighted by molar-refractivity contribution is 6.63. The maximum Gasteiger partial charge on any atom is 0.582 e. The molecule has 176 valence electrons. The van der Waals surface area contributed by atoms with Crippen molar-refractivity contribution in [1.29, 1.82) is 0 Å². The van der Waals surface area contributed by atoms with Crippen molar-refractivity contribution in [3.05, 3.63) is 0 Å². The zero-order valence-electron chi connectivity index (χ0n) is 15.6. The smallest absolute Gasteiger partial charge is 0.370 e. The molecule has 0 fully saturated rings. The van der Waals surface area contributed by atoms with Crippen molar-refractivity contribution < 1.29 is 61.6 Å². The average Bonchev–Trinajstić information content (AvgIpc) is 2.59. The van der Waals surface area contributed by atoms with Crippen LogP contribution in [0.15, 0.2) is 0 Å². The number of alkyl halides is 11. The lowest BCUT2D eigenvalue weighted by Crippen LogP contribution is -2.75. The number of hydrogen-bond donors (Lipinski definition) is 0. The molecule has 0 aliphatic carbocycles. The Morgan fingerprint density at radius 1 is 0.517 bits per heavy atom. The van der Waals surface area contributed by atoms with Crippen molar-refractivity contribution in [1.82, 2.24) is 0 Å². The SMILES string of the molecule is CCCO[Si](OCCC)(OCCC)C(F)(F)C(F)(F)C(F)(F)C(F)(F)C(F)(F)F. The third-order valence-electron chi connectivity index (χ3n) is 3.41. The fourth-order valence-corrected chi connectivity index (χ4v) is 4.62. The largest absolute Gasteiger partial charge is 0.582 e. The van der Waals surface area contributed by atoms with E-state index in [1.807, 2.05) is 0 Å². The molecule has 0 atom stereocenters. The van der Waals surface area contributed by atoms with Crippen LogP contribution in [0.5, 0.6) is 0 Å². The van der Waals surface area contributed by atoms with Gasteiger partial charge in [-0.3, -0.25) is 0 Å². The maximum absolute atomic E-state index is 14.7. The van der Waals surface area contributed by atoms with Gasteiger partial charge < -0.3 is 13.3 Å². The summed E-state index contributed by atoms with van der Waals surface area (Å²) in [6.45, 7) is 1.57. The summed E-state index contributed by atoms with van der Waals surface area (Å²) in [5, 5.41) is 0. The molecule has 0 spiro atoms. The predicted octanol–water partition coefficient (Wildman–Crippen LogP) is 5.85. The van der Waals surface area contributed by atoms with E-state index in [1.165, 1.54) is 20.8 Å². The molecule has 0 radical (unpaired) electrons. The second-order valence-corrected chi connectivity index (χ2v) is 8.50. The summed E-state index contributed by atoms with van der Waals surface area (Å²) in [4.78, 5) is 0. The molecule has 0 aliphatic heterocycles. The fourth-order valence-electron chi connectivity index (χ4n) is 1.87. The van der Waals surface area contributed by atoms with Gasteiger partial charge >= 0.3 is 38.3 Å². The van der Waals surface area contributed by atoms with Gasteiger partial charge in [-0.05, 0) is 19.3 Å². The molecule has 3 nitrogen and oxygen atoms in total. The molecule has 0 aliphatic rings. The average molecular weight is 474 g/mol. The van der Waals surface area contributed by atoms with Crippen molar-refractivity contribution >= 4 is 8.80 Å². The first-order chi connectivity index (χ1) is 12.9. The Hall–Kier alpha value is -0.673. The lowest BCUT2D eigenvalue weighted by atomic mass is 10.0. The van der Waals surface area contributed by atoms with E-state index in [2.05, 4.69) is 13.3 Å². The van der Waals surface area contributed by atoms with Crippen molar-refractivity contribution in [2.24, 2.45) is 0 Å². The van der Waals surface area contributed by atoms with Crippen LogP contribution in [0.2, 0.25) is 0 Å². The minimum atomic E-state index is -7.54. The Morgan fingerprint density at radius 2 is 0.828 bits per heavy atom. The van der Waals surface area contributed by atoms with Gasteiger partial charge in [0.15, 0.2) is 0 Å². The Morgan fingerprint density at radius 3 is 1.07 bits per heavy atom. The van der Waals surface area contributed by atoms with Gasteiger partial charge in [0, 0.05) is 19.8 Å². The van der Waals surface area contributed by atoms with E-state index in [0.717, 1.165) is 0 Å². The van der Waals surface area contributed by atoms with Gasteiger partial charge in [-0.1, -0.05) is 20.8 Å².